The summed E-state index contributed by atoms with van der Waals surface area (Å²) in [6.45, 7) is 1.29. The Kier molecular flexibility index (Phi) is 7.42. The first-order valence-corrected chi connectivity index (χ1v) is 11.7. The van der Waals surface area contributed by atoms with Crippen LogP contribution in [0, 0.1) is 6.92 Å². The van der Waals surface area contributed by atoms with Gasteiger partial charge in [0.15, 0.2) is 5.75 Å². The number of methoxy groups -OCH3 is 1. The van der Waals surface area contributed by atoms with Gasteiger partial charge in [0.25, 0.3) is 0 Å². The first-order chi connectivity index (χ1) is 15.9. The average molecular weight is 513 g/mol. The molecule has 0 fully saturated rings. The van der Waals surface area contributed by atoms with E-state index in [0.29, 0.717) is 5.56 Å². The predicted molar refractivity (Wildman–Crippen MR) is 123 cm³/mol. The minimum atomic E-state index is -4.60. The normalized spacial score (nSPS) is 11.7. The average Bonchev–Trinajstić information content (AvgIpc) is 2.78. The Morgan fingerprint density at radius 2 is 1.71 bits per heavy atom. The van der Waals surface area contributed by atoms with E-state index in [-0.39, 0.29) is 31.9 Å². The standard InChI is InChI=1S/C23H20ClF3N2O4S/c1-14-10-19(22(33-2)20(11-14)34(31,32)16-6-4-3-5-7-16)28-13-21(30)29-18-12-15(23(25,26)27)8-9-17(18)24/h3-12,28H,13H2,1-2H3,(H,29,30). The Labute approximate surface area is 199 Å². The number of aryl methyl sites for hydroxylation is 1. The highest BCUT2D eigenvalue weighted by Gasteiger charge is 2.31. The van der Waals surface area contributed by atoms with Gasteiger partial charge in [-0.15, -0.1) is 0 Å². The van der Waals surface area contributed by atoms with E-state index < -0.39 is 34.0 Å². The molecule has 0 heterocycles. The van der Waals surface area contributed by atoms with Crippen molar-refractivity contribution in [1.82, 2.24) is 0 Å². The van der Waals surface area contributed by atoms with Crippen LogP contribution in [0.2, 0.25) is 5.02 Å². The number of hydrogen-bond donors (Lipinski definition) is 2. The Balaban J connectivity index is 1.85. The number of halogens is 4. The van der Waals surface area contributed by atoms with E-state index in [1.807, 2.05) is 0 Å². The van der Waals surface area contributed by atoms with Crippen molar-refractivity contribution in [3.05, 3.63) is 76.8 Å². The molecule has 6 nitrogen and oxygen atoms in total. The minimum Gasteiger partial charge on any atom is -0.493 e. The molecular formula is C23H20ClF3N2O4S. The molecule has 0 aliphatic rings. The van der Waals surface area contributed by atoms with Crippen LogP contribution in [-0.2, 0) is 20.8 Å². The van der Waals surface area contributed by atoms with Crippen molar-refractivity contribution in [2.24, 2.45) is 0 Å². The fourth-order valence-corrected chi connectivity index (χ4v) is 4.89. The van der Waals surface area contributed by atoms with Crippen molar-refractivity contribution in [1.29, 1.82) is 0 Å². The lowest BCUT2D eigenvalue weighted by Gasteiger charge is -2.17. The van der Waals surface area contributed by atoms with Gasteiger partial charge in [-0.25, -0.2) is 8.42 Å². The maximum Gasteiger partial charge on any atom is 0.416 e. The number of amides is 1. The third kappa shape index (κ3) is 5.63. The molecule has 180 valence electrons. The van der Waals surface area contributed by atoms with Gasteiger partial charge in [-0.1, -0.05) is 29.8 Å². The molecule has 0 saturated heterocycles. The molecule has 0 radical (unpaired) electrons. The maximum atomic E-state index is 13.2. The van der Waals surface area contributed by atoms with Crippen LogP contribution >= 0.6 is 11.6 Å². The van der Waals surface area contributed by atoms with Gasteiger partial charge in [-0.05, 0) is 55.0 Å². The van der Waals surface area contributed by atoms with Gasteiger partial charge in [0.05, 0.1) is 40.5 Å². The third-order valence-electron chi connectivity index (χ3n) is 4.75. The smallest absolute Gasteiger partial charge is 0.416 e. The SMILES string of the molecule is COc1c(NCC(=O)Nc2cc(C(F)(F)F)ccc2Cl)cc(C)cc1S(=O)(=O)c1ccccc1. The van der Waals surface area contributed by atoms with Crippen LogP contribution in [0.1, 0.15) is 11.1 Å². The van der Waals surface area contributed by atoms with Gasteiger partial charge in [0.1, 0.15) is 4.90 Å². The molecule has 2 N–H and O–H groups in total. The van der Waals surface area contributed by atoms with Crippen molar-refractivity contribution in [3.8, 4) is 5.75 Å². The second kappa shape index (κ2) is 9.94. The van der Waals surface area contributed by atoms with E-state index in [0.717, 1.165) is 18.2 Å². The topological polar surface area (TPSA) is 84.5 Å². The van der Waals surface area contributed by atoms with E-state index >= 15 is 0 Å². The summed E-state index contributed by atoms with van der Waals surface area (Å²) in [5.74, 6) is -0.698. The van der Waals surface area contributed by atoms with E-state index in [1.54, 1.807) is 31.2 Å². The van der Waals surface area contributed by atoms with Gasteiger partial charge in [-0.2, -0.15) is 13.2 Å². The highest BCUT2D eigenvalue weighted by molar-refractivity contribution is 7.91. The second-order valence-corrected chi connectivity index (χ2v) is 9.58. The zero-order valence-corrected chi connectivity index (χ0v) is 19.6. The van der Waals surface area contributed by atoms with Crippen molar-refractivity contribution >= 4 is 38.7 Å². The van der Waals surface area contributed by atoms with Crippen LogP contribution in [0.25, 0.3) is 0 Å². The number of anilines is 2. The second-order valence-electron chi connectivity index (χ2n) is 7.25. The van der Waals surface area contributed by atoms with E-state index in [2.05, 4.69) is 10.6 Å². The number of carbonyl (C=O) groups excluding carboxylic acids is 1. The number of hydrogen-bond acceptors (Lipinski definition) is 5. The van der Waals surface area contributed by atoms with Crippen molar-refractivity contribution in [2.75, 3.05) is 24.3 Å². The van der Waals surface area contributed by atoms with Gasteiger partial charge < -0.3 is 15.4 Å². The summed E-state index contributed by atoms with van der Waals surface area (Å²) < 4.78 is 70.5. The molecule has 0 unspecified atom stereocenters. The zero-order chi connectivity index (χ0) is 25.1. The van der Waals surface area contributed by atoms with E-state index in [4.69, 9.17) is 16.3 Å². The highest BCUT2D eigenvalue weighted by atomic mass is 35.5. The molecule has 34 heavy (non-hydrogen) atoms. The molecule has 0 aliphatic carbocycles. The zero-order valence-electron chi connectivity index (χ0n) is 18.0. The number of carbonyl (C=O) groups is 1. The molecule has 3 rings (SSSR count). The Bertz CT molecular complexity index is 1310. The summed E-state index contributed by atoms with van der Waals surface area (Å²) in [5, 5.41) is 5.05. The Hall–Kier alpha value is -3.24. The molecule has 0 atom stereocenters. The van der Waals surface area contributed by atoms with Crippen LogP contribution in [0.4, 0.5) is 24.5 Å². The van der Waals surface area contributed by atoms with Crippen LogP contribution in [0.3, 0.4) is 0 Å². The molecule has 0 saturated carbocycles. The molecule has 1 amide bonds. The lowest BCUT2D eigenvalue weighted by Crippen LogP contribution is -2.22. The van der Waals surface area contributed by atoms with Crippen LogP contribution in [-0.4, -0.2) is 28.0 Å². The summed E-state index contributed by atoms with van der Waals surface area (Å²) in [4.78, 5) is 12.4. The van der Waals surface area contributed by atoms with Gasteiger partial charge in [0.2, 0.25) is 15.7 Å². The highest BCUT2D eigenvalue weighted by Crippen LogP contribution is 2.37. The summed E-state index contributed by atoms with van der Waals surface area (Å²) in [5.41, 5.74) is -0.357. The van der Waals surface area contributed by atoms with E-state index in [1.165, 1.54) is 25.3 Å². The van der Waals surface area contributed by atoms with Crippen molar-refractivity contribution < 1.29 is 31.1 Å². The molecule has 0 bridgehead atoms. The molecule has 0 aromatic heterocycles. The molecule has 0 aliphatic heterocycles. The Morgan fingerprint density at radius 3 is 2.32 bits per heavy atom. The number of alkyl halides is 3. The van der Waals surface area contributed by atoms with Crippen LogP contribution < -0.4 is 15.4 Å². The van der Waals surface area contributed by atoms with Gasteiger partial charge in [0, 0.05) is 0 Å². The Morgan fingerprint density at radius 1 is 1.03 bits per heavy atom. The summed E-state index contributed by atoms with van der Waals surface area (Å²) in [6.07, 6.45) is -4.60. The minimum absolute atomic E-state index is 0.000598. The predicted octanol–water partition coefficient (Wildman–Crippen LogP) is 5.56. The lowest BCUT2D eigenvalue weighted by molar-refractivity contribution is -0.137. The number of benzene rings is 3. The largest absolute Gasteiger partial charge is 0.493 e. The molecule has 11 heteroatoms. The fraction of sp³-hybridized carbons (Fsp3) is 0.174. The van der Waals surface area contributed by atoms with Gasteiger partial charge >= 0.3 is 6.18 Å². The molecule has 0 spiro atoms. The van der Waals surface area contributed by atoms with Crippen LogP contribution in [0.15, 0.2) is 70.5 Å². The fourth-order valence-electron chi connectivity index (χ4n) is 3.18. The number of nitrogens with one attached hydrogen (secondary N) is 2. The van der Waals surface area contributed by atoms with Crippen LogP contribution in [0.5, 0.6) is 5.75 Å². The summed E-state index contributed by atoms with van der Waals surface area (Å²) >= 11 is 5.92. The third-order valence-corrected chi connectivity index (χ3v) is 6.86. The molecule has 3 aromatic rings. The first-order valence-electron chi connectivity index (χ1n) is 9.82. The maximum absolute atomic E-state index is 13.2. The number of ether oxygens (including phenoxy) is 1. The van der Waals surface area contributed by atoms with E-state index in [9.17, 15) is 26.4 Å². The lowest BCUT2D eigenvalue weighted by atomic mass is 10.2. The molecular weight excluding hydrogens is 493 g/mol. The number of sulfone groups is 1. The van der Waals surface area contributed by atoms with Crippen molar-refractivity contribution in [3.63, 3.8) is 0 Å². The first kappa shape index (κ1) is 25.4. The molecule has 3 aromatic carbocycles. The monoisotopic (exact) mass is 512 g/mol. The number of rotatable bonds is 7. The van der Waals surface area contributed by atoms with Gasteiger partial charge in [-0.3, -0.25) is 4.79 Å². The summed E-state index contributed by atoms with van der Waals surface area (Å²) in [6, 6.07) is 13.4. The summed E-state index contributed by atoms with van der Waals surface area (Å²) in [7, 11) is -2.63. The quantitative estimate of drug-likeness (QED) is 0.433. The van der Waals surface area contributed by atoms with Crippen molar-refractivity contribution in [2.45, 2.75) is 22.9 Å².